The van der Waals surface area contributed by atoms with Crippen LogP contribution in [0.4, 0.5) is 0 Å². The number of carboxylic acids is 1. The average Bonchev–Trinajstić information content (AvgIpc) is 3.25. The largest absolute Gasteiger partial charge is 0.480 e. The molecule has 2 N–H and O–H groups in total. The van der Waals surface area contributed by atoms with Gasteiger partial charge in [-0.3, -0.25) is 14.6 Å². The highest BCUT2D eigenvalue weighted by molar-refractivity contribution is 7.08. The van der Waals surface area contributed by atoms with E-state index in [0.29, 0.717) is 0 Å². The summed E-state index contributed by atoms with van der Waals surface area (Å²) in [4.78, 5) is 19.6. The Balaban J connectivity index is 1.40. The molecule has 3 aromatic rings. The van der Waals surface area contributed by atoms with Crippen LogP contribution in [0, 0.1) is 0 Å². The fourth-order valence-corrected chi connectivity index (χ4v) is 4.26. The van der Waals surface area contributed by atoms with Gasteiger partial charge in [-0.25, -0.2) is 0 Å². The standard InChI is InChI=1S/C19H21N3O2S/c23-19(24)18(15-5-10-25-13-15)22-8-6-21(7-9-22)12-16-11-14-3-1-2-4-17(14)20-16/h1-5,10-11,13,18,20H,6-9,12H2,(H,23,24). The number of hydrogen-bond donors (Lipinski definition) is 2. The number of aliphatic carboxylic acids is 1. The van der Waals surface area contributed by atoms with Crippen molar-refractivity contribution in [3.8, 4) is 0 Å². The van der Waals surface area contributed by atoms with Gasteiger partial charge >= 0.3 is 5.97 Å². The van der Waals surface area contributed by atoms with Crippen molar-refractivity contribution in [2.24, 2.45) is 0 Å². The molecule has 0 spiro atoms. The number of carbonyl (C=O) groups is 1. The van der Waals surface area contributed by atoms with Crippen LogP contribution < -0.4 is 0 Å². The van der Waals surface area contributed by atoms with E-state index >= 15 is 0 Å². The minimum atomic E-state index is -0.762. The van der Waals surface area contributed by atoms with Crippen molar-refractivity contribution in [2.75, 3.05) is 26.2 Å². The third kappa shape index (κ3) is 3.46. The summed E-state index contributed by atoms with van der Waals surface area (Å²) in [6, 6.07) is 11.9. The quantitative estimate of drug-likeness (QED) is 0.738. The third-order valence-corrected chi connectivity index (χ3v) is 5.55. The van der Waals surface area contributed by atoms with Gasteiger partial charge in [-0.1, -0.05) is 18.2 Å². The van der Waals surface area contributed by atoms with Crippen LogP contribution in [-0.4, -0.2) is 52.0 Å². The van der Waals surface area contributed by atoms with Gasteiger partial charge in [0.2, 0.25) is 0 Å². The highest BCUT2D eigenvalue weighted by Crippen LogP contribution is 2.25. The highest BCUT2D eigenvalue weighted by atomic mass is 32.1. The molecule has 2 aromatic heterocycles. The van der Waals surface area contributed by atoms with Gasteiger partial charge < -0.3 is 10.1 Å². The van der Waals surface area contributed by atoms with E-state index in [2.05, 4.69) is 39.0 Å². The minimum Gasteiger partial charge on any atom is -0.480 e. The second-order valence-electron chi connectivity index (χ2n) is 6.49. The molecule has 1 unspecified atom stereocenters. The zero-order valence-electron chi connectivity index (χ0n) is 13.9. The molecule has 1 aromatic carbocycles. The lowest BCUT2D eigenvalue weighted by molar-refractivity contribution is -0.144. The molecular formula is C19H21N3O2S. The molecule has 6 heteroatoms. The number of fused-ring (bicyclic) bond motifs is 1. The molecule has 130 valence electrons. The van der Waals surface area contributed by atoms with Crippen LogP contribution in [0.5, 0.6) is 0 Å². The van der Waals surface area contributed by atoms with Gasteiger partial charge in [-0.05, 0) is 39.9 Å². The first-order valence-corrected chi connectivity index (χ1v) is 9.43. The summed E-state index contributed by atoms with van der Waals surface area (Å²) in [6.07, 6.45) is 0. The smallest absolute Gasteiger partial charge is 0.325 e. The number of carboxylic acid groups (broad SMARTS) is 1. The Labute approximate surface area is 150 Å². The molecular weight excluding hydrogens is 334 g/mol. The molecule has 0 radical (unpaired) electrons. The lowest BCUT2D eigenvalue weighted by atomic mass is 10.1. The molecule has 5 nitrogen and oxygen atoms in total. The first kappa shape index (κ1) is 16.3. The Hall–Kier alpha value is -2.15. The van der Waals surface area contributed by atoms with Crippen molar-refractivity contribution in [2.45, 2.75) is 12.6 Å². The zero-order chi connectivity index (χ0) is 17.2. The Morgan fingerprint density at radius 2 is 2.00 bits per heavy atom. The lowest BCUT2D eigenvalue weighted by Gasteiger charge is -2.37. The fourth-order valence-electron chi connectivity index (χ4n) is 3.58. The Bertz CT molecular complexity index is 818. The fraction of sp³-hybridized carbons (Fsp3) is 0.316. The Kier molecular flexibility index (Phi) is 4.57. The predicted octanol–water partition coefficient (Wildman–Crippen LogP) is 3.17. The van der Waals surface area contributed by atoms with E-state index in [0.717, 1.165) is 38.3 Å². The number of benzene rings is 1. The first-order valence-electron chi connectivity index (χ1n) is 8.48. The van der Waals surface area contributed by atoms with Gasteiger partial charge in [0.15, 0.2) is 0 Å². The molecule has 25 heavy (non-hydrogen) atoms. The molecule has 1 fully saturated rings. The zero-order valence-corrected chi connectivity index (χ0v) is 14.7. The maximum Gasteiger partial charge on any atom is 0.325 e. The van der Waals surface area contributed by atoms with Crippen molar-refractivity contribution in [3.05, 3.63) is 58.4 Å². The SMILES string of the molecule is O=C(O)C(c1ccsc1)N1CCN(Cc2cc3ccccc3[nH]2)CC1. The van der Waals surface area contributed by atoms with Crippen molar-refractivity contribution >= 4 is 28.2 Å². The molecule has 1 aliphatic rings. The van der Waals surface area contributed by atoms with E-state index in [9.17, 15) is 9.90 Å². The van der Waals surface area contributed by atoms with E-state index < -0.39 is 12.0 Å². The van der Waals surface area contributed by atoms with Crippen LogP contribution in [0.2, 0.25) is 0 Å². The molecule has 4 rings (SSSR count). The molecule has 0 aliphatic carbocycles. The number of piperazine rings is 1. The van der Waals surface area contributed by atoms with E-state index in [1.165, 1.54) is 16.6 Å². The van der Waals surface area contributed by atoms with Crippen LogP contribution >= 0.6 is 11.3 Å². The highest BCUT2D eigenvalue weighted by Gasteiger charge is 2.30. The third-order valence-electron chi connectivity index (χ3n) is 4.84. The predicted molar refractivity (Wildman–Crippen MR) is 99.8 cm³/mol. The number of H-pyrrole nitrogens is 1. The summed E-state index contributed by atoms with van der Waals surface area (Å²) >= 11 is 1.55. The van der Waals surface area contributed by atoms with Crippen molar-refractivity contribution in [3.63, 3.8) is 0 Å². The van der Waals surface area contributed by atoms with Gasteiger partial charge in [0, 0.05) is 43.9 Å². The average molecular weight is 355 g/mol. The van der Waals surface area contributed by atoms with E-state index in [4.69, 9.17) is 0 Å². The van der Waals surface area contributed by atoms with Gasteiger partial charge in [0.25, 0.3) is 0 Å². The normalized spacial score (nSPS) is 17.8. The van der Waals surface area contributed by atoms with Crippen LogP contribution in [0.3, 0.4) is 0 Å². The summed E-state index contributed by atoms with van der Waals surface area (Å²) in [5.41, 5.74) is 3.27. The number of rotatable bonds is 5. The lowest BCUT2D eigenvalue weighted by Crippen LogP contribution is -2.48. The topological polar surface area (TPSA) is 59.6 Å². The number of aromatic nitrogens is 1. The number of hydrogen-bond acceptors (Lipinski definition) is 4. The molecule has 3 heterocycles. The van der Waals surface area contributed by atoms with E-state index in [-0.39, 0.29) is 0 Å². The molecule has 0 amide bonds. The van der Waals surface area contributed by atoms with Crippen LogP contribution in [-0.2, 0) is 11.3 Å². The molecule has 1 atom stereocenters. The van der Waals surface area contributed by atoms with Crippen molar-refractivity contribution in [1.29, 1.82) is 0 Å². The van der Waals surface area contributed by atoms with Gasteiger partial charge in [0.05, 0.1) is 0 Å². The molecule has 1 saturated heterocycles. The van der Waals surface area contributed by atoms with E-state index in [1.807, 2.05) is 22.9 Å². The summed E-state index contributed by atoms with van der Waals surface area (Å²) in [6.45, 7) is 4.17. The van der Waals surface area contributed by atoms with Crippen LogP contribution in [0.15, 0.2) is 47.2 Å². The molecule has 1 aliphatic heterocycles. The van der Waals surface area contributed by atoms with Gasteiger partial charge in [-0.2, -0.15) is 11.3 Å². The maximum atomic E-state index is 11.7. The second kappa shape index (κ2) is 7.00. The Morgan fingerprint density at radius 1 is 1.20 bits per heavy atom. The van der Waals surface area contributed by atoms with Gasteiger partial charge in [0.1, 0.15) is 6.04 Å². The van der Waals surface area contributed by atoms with Crippen molar-refractivity contribution in [1.82, 2.24) is 14.8 Å². The Morgan fingerprint density at radius 3 is 2.68 bits per heavy atom. The number of aromatic amines is 1. The number of thiophene rings is 1. The molecule has 0 bridgehead atoms. The van der Waals surface area contributed by atoms with Gasteiger partial charge in [-0.15, -0.1) is 0 Å². The summed E-state index contributed by atoms with van der Waals surface area (Å²) in [5.74, 6) is -0.762. The van der Waals surface area contributed by atoms with Crippen LogP contribution in [0.1, 0.15) is 17.3 Å². The molecule has 0 saturated carbocycles. The van der Waals surface area contributed by atoms with Crippen LogP contribution in [0.25, 0.3) is 10.9 Å². The van der Waals surface area contributed by atoms with Crippen molar-refractivity contribution < 1.29 is 9.90 Å². The number of nitrogens with one attached hydrogen (secondary N) is 1. The number of nitrogens with zero attached hydrogens (tertiary/aromatic N) is 2. The summed E-state index contributed by atoms with van der Waals surface area (Å²) in [5, 5.41) is 14.7. The maximum absolute atomic E-state index is 11.7. The first-order chi connectivity index (χ1) is 12.2. The number of para-hydroxylation sites is 1. The summed E-state index contributed by atoms with van der Waals surface area (Å²) in [7, 11) is 0. The van der Waals surface area contributed by atoms with E-state index in [1.54, 1.807) is 11.3 Å². The summed E-state index contributed by atoms with van der Waals surface area (Å²) < 4.78 is 0. The monoisotopic (exact) mass is 355 g/mol. The second-order valence-corrected chi connectivity index (χ2v) is 7.27. The minimum absolute atomic E-state index is 0.526.